The first kappa shape index (κ1) is 16.4. The lowest BCUT2D eigenvalue weighted by Crippen LogP contribution is -2.36. The molecule has 9 heteroatoms. The highest BCUT2D eigenvalue weighted by atomic mass is 16.6. The van der Waals surface area contributed by atoms with Gasteiger partial charge in [-0.05, 0) is 5.56 Å². The summed E-state index contributed by atoms with van der Waals surface area (Å²) in [4.78, 5) is 20.7. The molecule has 0 radical (unpaired) electrons. The third kappa shape index (κ3) is 6.36. The molecule has 1 aromatic rings. The molecule has 0 aliphatic rings. The maximum atomic E-state index is 10.6. The number of hydrazine groups is 1. The van der Waals surface area contributed by atoms with Crippen molar-refractivity contribution in [2.75, 3.05) is 13.1 Å². The standard InChI is InChI=1S/C12H18N6O3/c13-10(7-17(15)8-12(14)19)6-16-5-9-1-3-11(4-2-9)18(20)21/h1-4,7,16H,5-6,8,13,15H2,(H2,14,19)/b10-7-. The van der Waals surface area contributed by atoms with E-state index in [9.17, 15) is 14.9 Å². The number of primary amides is 1. The van der Waals surface area contributed by atoms with Gasteiger partial charge in [0.05, 0.1) is 4.92 Å². The molecular weight excluding hydrogens is 276 g/mol. The van der Waals surface area contributed by atoms with Gasteiger partial charge in [-0.15, -0.1) is 0 Å². The van der Waals surface area contributed by atoms with Crippen molar-refractivity contribution in [3.63, 3.8) is 0 Å². The van der Waals surface area contributed by atoms with Crippen LogP contribution in [0, 0.1) is 10.1 Å². The van der Waals surface area contributed by atoms with Crippen LogP contribution in [0.4, 0.5) is 5.69 Å². The lowest BCUT2D eigenvalue weighted by Gasteiger charge is -2.13. The zero-order chi connectivity index (χ0) is 15.8. The van der Waals surface area contributed by atoms with Crippen LogP contribution in [0.25, 0.3) is 0 Å². The zero-order valence-corrected chi connectivity index (χ0v) is 11.4. The number of hydrogen-bond acceptors (Lipinski definition) is 7. The van der Waals surface area contributed by atoms with Crippen LogP contribution in [-0.4, -0.2) is 28.9 Å². The summed E-state index contributed by atoms with van der Waals surface area (Å²) < 4.78 is 0. The normalized spacial score (nSPS) is 11.2. The highest BCUT2D eigenvalue weighted by Gasteiger charge is 2.04. The van der Waals surface area contributed by atoms with Crippen LogP contribution in [0.15, 0.2) is 36.2 Å². The number of carbonyl (C=O) groups is 1. The molecule has 1 amide bonds. The fourth-order valence-electron chi connectivity index (χ4n) is 1.57. The number of hydrogen-bond donors (Lipinski definition) is 4. The number of nitrogens with two attached hydrogens (primary N) is 3. The van der Waals surface area contributed by atoms with Crippen molar-refractivity contribution in [3.05, 3.63) is 51.8 Å². The molecule has 21 heavy (non-hydrogen) atoms. The first-order valence-corrected chi connectivity index (χ1v) is 6.08. The SMILES string of the molecule is NC(=O)CN(N)/C=C(\N)CNCc1ccc([N+](=O)[O-])cc1. The Morgan fingerprint density at radius 3 is 2.48 bits per heavy atom. The number of amides is 1. The monoisotopic (exact) mass is 294 g/mol. The van der Waals surface area contributed by atoms with Gasteiger partial charge in [0.1, 0.15) is 6.54 Å². The van der Waals surface area contributed by atoms with E-state index < -0.39 is 10.8 Å². The second kappa shape index (κ2) is 7.82. The van der Waals surface area contributed by atoms with Gasteiger partial charge in [0, 0.05) is 37.1 Å². The molecule has 0 spiro atoms. The maximum Gasteiger partial charge on any atom is 0.269 e. The van der Waals surface area contributed by atoms with Crippen LogP contribution in [0.5, 0.6) is 0 Å². The van der Waals surface area contributed by atoms with E-state index in [2.05, 4.69) is 5.32 Å². The van der Waals surface area contributed by atoms with E-state index in [4.69, 9.17) is 17.3 Å². The lowest BCUT2D eigenvalue weighted by atomic mass is 10.2. The molecule has 0 aromatic heterocycles. The van der Waals surface area contributed by atoms with Gasteiger partial charge in [0.2, 0.25) is 5.91 Å². The quantitative estimate of drug-likeness (QED) is 0.276. The molecule has 0 fully saturated rings. The second-order valence-corrected chi connectivity index (χ2v) is 4.37. The summed E-state index contributed by atoms with van der Waals surface area (Å²) in [6.07, 6.45) is 1.41. The number of nitro benzene ring substituents is 1. The Kier molecular flexibility index (Phi) is 6.11. The molecule has 0 atom stereocenters. The average molecular weight is 294 g/mol. The van der Waals surface area contributed by atoms with Crippen LogP contribution in [0.2, 0.25) is 0 Å². The molecule has 0 bridgehead atoms. The molecule has 1 rings (SSSR count). The third-order valence-electron chi connectivity index (χ3n) is 2.48. The Labute approximate surface area is 121 Å². The molecule has 0 aliphatic heterocycles. The summed E-state index contributed by atoms with van der Waals surface area (Å²) >= 11 is 0. The minimum atomic E-state index is -0.555. The van der Waals surface area contributed by atoms with Crippen molar-refractivity contribution in [2.24, 2.45) is 17.3 Å². The molecule has 1 aromatic carbocycles. The van der Waals surface area contributed by atoms with E-state index >= 15 is 0 Å². The smallest absolute Gasteiger partial charge is 0.269 e. The van der Waals surface area contributed by atoms with Crippen LogP contribution in [-0.2, 0) is 11.3 Å². The summed E-state index contributed by atoms with van der Waals surface area (Å²) in [5.41, 5.74) is 12.1. The van der Waals surface area contributed by atoms with Crippen LogP contribution in [0.3, 0.4) is 0 Å². The van der Waals surface area contributed by atoms with Crippen molar-refractivity contribution in [1.29, 1.82) is 0 Å². The fourth-order valence-corrected chi connectivity index (χ4v) is 1.57. The minimum absolute atomic E-state index is 0.0448. The summed E-state index contributed by atoms with van der Waals surface area (Å²) in [6.45, 7) is 0.722. The molecule has 0 aliphatic carbocycles. The number of carbonyl (C=O) groups excluding carboxylic acids is 1. The van der Waals surface area contributed by atoms with E-state index in [0.717, 1.165) is 10.6 Å². The Hall–Kier alpha value is -2.65. The highest BCUT2D eigenvalue weighted by Crippen LogP contribution is 2.11. The van der Waals surface area contributed by atoms with Gasteiger partial charge in [-0.3, -0.25) is 14.9 Å². The van der Waals surface area contributed by atoms with Crippen LogP contribution < -0.4 is 22.6 Å². The van der Waals surface area contributed by atoms with Gasteiger partial charge < -0.3 is 21.8 Å². The molecular formula is C12H18N6O3. The first-order chi connectivity index (χ1) is 9.88. The number of benzene rings is 1. The predicted molar refractivity (Wildman–Crippen MR) is 77.2 cm³/mol. The first-order valence-electron chi connectivity index (χ1n) is 6.08. The van der Waals surface area contributed by atoms with Gasteiger partial charge in [0.25, 0.3) is 5.69 Å². The minimum Gasteiger partial charge on any atom is -0.400 e. The van der Waals surface area contributed by atoms with Gasteiger partial charge >= 0.3 is 0 Å². The Balaban J connectivity index is 2.40. The van der Waals surface area contributed by atoms with E-state index in [-0.39, 0.29) is 12.2 Å². The number of non-ortho nitro benzene ring substituents is 1. The van der Waals surface area contributed by atoms with E-state index in [1.807, 2.05) is 0 Å². The van der Waals surface area contributed by atoms with E-state index in [1.54, 1.807) is 12.1 Å². The van der Waals surface area contributed by atoms with Crippen molar-refractivity contribution < 1.29 is 9.72 Å². The maximum absolute atomic E-state index is 10.6. The van der Waals surface area contributed by atoms with E-state index in [1.165, 1.54) is 18.3 Å². The van der Waals surface area contributed by atoms with Crippen molar-refractivity contribution in [1.82, 2.24) is 10.3 Å². The number of nitrogens with zero attached hydrogens (tertiary/aromatic N) is 2. The second-order valence-electron chi connectivity index (χ2n) is 4.37. The summed E-state index contributed by atoms with van der Waals surface area (Å²) in [7, 11) is 0. The Bertz CT molecular complexity index is 528. The van der Waals surface area contributed by atoms with Crippen molar-refractivity contribution in [3.8, 4) is 0 Å². The summed E-state index contributed by atoms with van der Waals surface area (Å²) in [5.74, 6) is 4.93. The highest BCUT2D eigenvalue weighted by molar-refractivity contribution is 5.75. The van der Waals surface area contributed by atoms with Crippen LogP contribution in [0.1, 0.15) is 5.56 Å². The molecule has 114 valence electrons. The third-order valence-corrected chi connectivity index (χ3v) is 2.48. The summed E-state index contributed by atoms with van der Waals surface area (Å²) in [6, 6.07) is 6.19. The van der Waals surface area contributed by atoms with Gasteiger partial charge in [-0.2, -0.15) is 0 Å². The Morgan fingerprint density at radius 1 is 1.33 bits per heavy atom. The largest absolute Gasteiger partial charge is 0.400 e. The number of rotatable bonds is 8. The number of nitrogens with one attached hydrogen (secondary N) is 1. The van der Waals surface area contributed by atoms with E-state index in [0.29, 0.717) is 18.8 Å². The molecule has 7 N–H and O–H groups in total. The topological polar surface area (TPSA) is 154 Å². The van der Waals surface area contributed by atoms with Crippen LogP contribution >= 0.6 is 0 Å². The van der Waals surface area contributed by atoms with Gasteiger partial charge in [0.15, 0.2) is 0 Å². The molecule has 9 nitrogen and oxygen atoms in total. The van der Waals surface area contributed by atoms with Crippen molar-refractivity contribution >= 4 is 11.6 Å². The van der Waals surface area contributed by atoms with Gasteiger partial charge in [-0.25, -0.2) is 5.84 Å². The number of nitro groups is 1. The molecule has 0 unspecified atom stereocenters. The zero-order valence-electron chi connectivity index (χ0n) is 11.4. The predicted octanol–water partition coefficient (Wildman–Crippen LogP) is -0.854. The van der Waals surface area contributed by atoms with Gasteiger partial charge in [-0.1, -0.05) is 12.1 Å². The Morgan fingerprint density at radius 2 is 1.95 bits per heavy atom. The summed E-state index contributed by atoms with van der Waals surface area (Å²) in [5, 5.41) is 14.7. The average Bonchev–Trinajstić information content (AvgIpc) is 2.38. The molecule has 0 heterocycles. The molecule has 0 saturated carbocycles. The lowest BCUT2D eigenvalue weighted by molar-refractivity contribution is -0.384. The molecule has 0 saturated heterocycles. The van der Waals surface area contributed by atoms with Crippen molar-refractivity contribution in [2.45, 2.75) is 6.54 Å². The fraction of sp³-hybridized carbons (Fsp3) is 0.250.